The molecule has 2 aromatic heterocycles. The Morgan fingerprint density at radius 2 is 1.96 bits per heavy atom. The first-order chi connectivity index (χ1) is 13.8. The number of aromatic amines is 1. The minimum absolute atomic E-state index is 0.0370. The van der Waals surface area contributed by atoms with Crippen LogP contribution in [0.15, 0.2) is 72.3 Å². The molecule has 7 heteroatoms. The lowest BCUT2D eigenvalue weighted by molar-refractivity contribution is 0.0991. The number of fused-ring (bicyclic) bond motifs is 1. The third-order valence-corrected chi connectivity index (χ3v) is 5.78. The second-order valence-corrected chi connectivity index (χ2v) is 7.39. The van der Waals surface area contributed by atoms with E-state index in [4.69, 9.17) is 4.74 Å². The van der Waals surface area contributed by atoms with Crippen molar-refractivity contribution in [2.24, 2.45) is 0 Å². The highest BCUT2D eigenvalue weighted by atomic mass is 32.2. The lowest BCUT2D eigenvalue weighted by atomic mass is 10.0. The molecule has 0 aliphatic carbocycles. The smallest absolute Gasteiger partial charge is 0.192 e. The minimum atomic E-state index is -0.425. The number of nitrogens with zero attached hydrogens (tertiary/aromatic N) is 3. The summed E-state index contributed by atoms with van der Waals surface area (Å²) < 4.78 is 7.07. The summed E-state index contributed by atoms with van der Waals surface area (Å²) in [4.78, 5) is 16.7. The average molecular weight is 392 g/mol. The Labute approximate surface area is 166 Å². The van der Waals surface area contributed by atoms with Crippen molar-refractivity contribution in [3.63, 3.8) is 0 Å². The Morgan fingerprint density at radius 3 is 2.79 bits per heavy atom. The van der Waals surface area contributed by atoms with Gasteiger partial charge in [-0.05, 0) is 11.6 Å². The van der Waals surface area contributed by atoms with Crippen LogP contribution in [-0.2, 0) is 11.3 Å². The topological polar surface area (TPSA) is 72.8 Å². The van der Waals surface area contributed by atoms with E-state index < -0.39 is 5.25 Å². The molecule has 0 fully saturated rings. The second-order valence-electron chi connectivity index (χ2n) is 6.32. The number of H-pyrrole nitrogens is 1. The number of ketones is 1. The number of aromatic nitrogens is 4. The van der Waals surface area contributed by atoms with Crippen molar-refractivity contribution in [3.8, 4) is 0 Å². The molecule has 0 unspecified atom stereocenters. The summed E-state index contributed by atoms with van der Waals surface area (Å²) in [7, 11) is 1.66. The van der Waals surface area contributed by atoms with Crippen LogP contribution < -0.4 is 0 Å². The van der Waals surface area contributed by atoms with Crippen molar-refractivity contribution in [1.82, 2.24) is 19.7 Å². The van der Waals surface area contributed by atoms with Crippen LogP contribution in [0.1, 0.15) is 21.2 Å². The van der Waals surface area contributed by atoms with Crippen molar-refractivity contribution < 1.29 is 9.53 Å². The van der Waals surface area contributed by atoms with Gasteiger partial charge in [0.05, 0.1) is 6.61 Å². The van der Waals surface area contributed by atoms with Gasteiger partial charge in [0.1, 0.15) is 11.6 Å². The lowest BCUT2D eigenvalue weighted by Crippen LogP contribution is -2.12. The summed E-state index contributed by atoms with van der Waals surface area (Å²) >= 11 is 1.41. The Bertz CT molecular complexity index is 1070. The molecule has 0 saturated heterocycles. The van der Waals surface area contributed by atoms with Gasteiger partial charge in [-0.3, -0.25) is 4.79 Å². The summed E-state index contributed by atoms with van der Waals surface area (Å²) in [5.74, 6) is 0.0370. The fourth-order valence-corrected chi connectivity index (χ4v) is 4.21. The average Bonchev–Trinajstić information content (AvgIpc) is 3.37. The van der Waals surface area contributed by atoms with Crippen LogP contribution in [0.2, 0.25) is 0 Å². The van der Waals surface area contributed by atoms with Crippen LogP contribution in [0.3, 0.4) is 0 Å². The van der Waals surface area contributed by atoms with Crippen LogP contribution in [0.4, 0.5) is 0 Å². The Morgan fingerprint density at radius 1 is 1.18 bits per heavy atom. The fraction of sp³-hybridized carbons (Fsp3) is 0.190. The van der Waals surface area contributed by atoms with Crippen molar-refractivity contribution >= 4 is 28.4 Å². The molecular weight excluding hydrogens is 372 g/mol. The molecule has 1 atom stereocenters. The number of ether oxygens (including phenoxy) is 1. The number of para-hydroxylation sites is 1. The number of hydrogen-bond donors (Lipinski definition) is 1. The molecule has 6 nitrogen and oxygen atoms in total. The zero-order valence-corrected chi connectivity index (χ0v) is 16.2. The number of nitrogens with one attached hydrogen (secondary N) is 1. The van der Waals surface area contributed by atoms with Crippen LogP contribution in [-0.4, -0.2) is 39.2 Å². The predicted octanol–water partition coefficient (Wildman–Crippen LogP) is 4.12. The molecule has 0 aliphatic heterocycles. The summed E-state index contributed by atoms with van der Waals surface area (Å²) in [6.07, 6.45) is 3.46. The highest BCUT2D eigenvalue weighted by Crippen LogP contribution is 2.38. The number of carbonyl (C=O) groups is 1. The summed E-state index contributed by atoms with van der Waals surface area (Å²) in [6.45, 7) is 1.19. The standard InChI is InChI=1S/C21H20N4O2S/c1-27-12-11-25-14-23-24-21(25)28-20(15-7-3-2-4-8-15)19(26)17-13-22-18-10-6-5-9-16(17)18/h2-10,13-14,20,22H,11-12H2,1H3/t20-/m1/s1. The maximum Gasteiger partial charge on any atom is 0.192 e. The molecule has 0 radical (unpaired) electrons. The molecule has 2 heterocycles. The van der Waals surface area contributed by atoms with E-state index in [9.17, 15) is 4.79 Å². The molecule has 28 heavy (non-hydrogen) atoms. The molecule has 0 aliphatic rings. The normalized spacial score (nSPS) is 12.3. The Hall–Kier alpha value is -2.90. The van der Waals surface area contributed by atoms with E-state index in [2.05, 4.69) is 15.2 Å². The van der Waals surface area contributed by atoms with Crippen molar-refractivity contribution in [3.05, 3.63) is 78.2 Å². The van der Waals surface area contributed by atoms with Gasteiger partial charge in [-0.2, -0.15) is 0 Å². The summed E-state index contributed by atoms with van der Waals surface area (Å²) in [6, 6.07) is 17.6. The van der Waals surface area contributed by atoms with Crippen LogP contribution in [0.25, 0.3) is 10.9 Å². The number of benzene rings is 2. The summed E-state index contributed by atoms with van der Waals surface area (Å²) in [5.41, 5.74) is 2.56. The second kappa shape index (κ2) is 8.41. The quantitative estimate of drug-likeness (QED) is 0.361. The Balaban J connectivity index is 1.70. The van der Waals surface area contributed by atoms with Crippen LogP contribution in [0, 0.1) is 0 Å². The first-order valence-electron chi connectivity index (χ1n) is 8.96. The molecule has 0 amide bonds. The van der Waals surface area contributed by atoms with E-state index >= 15 is 0 Å². The van der Waals surface area contributed by atoms with Gasteiger partial charge < -0.3 is 14.3 Å². The molecule has 2 aromatic carbocycles. The van der Waals surface area contributed by atoms with E-state index in [0.29, 0.717) is 23.9 Å². The first-order valence-corrected chi connectivity index (χ1v) is 9.84. The zero-order chi connectivity index (χ0) is 19.3. The minimum Gasteiger partial charge on any atom is -0.383 e. The summed E-state index contributed by atoms with van der Waals surface area (Å²) in [5, 5.41) is 9.43. The monoisotopic (exact) mass is 392 g/mol. The lowest BCUT2D eigenvalue weighted by Gasteiger charge is -2.16. The maximum absolute atomic E-state index is 13.5. The van der Waals surface area contributed by atoms with Gasteiger partial charge in [0.15, 0.2) is 10.9 Å². The van der Waals surface area contributed by atoms with Gasteiger partial charge in [0.2, 0.25) is 0 Å². The zero-order valence-electron chi connectivity index (χ0n) is 15.4. The van der Waals surface area contributed by atoms with Gasteiger partial charge in [-0.1, -0.05) is 60.3 Å². The SMILES string of the molecule is COCCn1cnnc1S[C@@H](C(=O)c1c[nH]c2ccccc12)c1ccccc1. The highest BCUT2D eigenvalue weighted by molar-refractivity contribution is 8.00. The van der Waals surface area contributed by atoms with Crippen molar-refractivity contribution in [2.75, 3.05) is 13.7 Å². The van der Waals surface area contributed by atoms with Crippen LogP contribution >= 0.6 is 11.8 Å². The fourth-order valence-electron chi connectivity index (χ4n) is 3.10. The molecule has 0 saturated carbocycles. The number of methoxy groups -OCH3 is 1. The van der Waals surface area contributed by atoms with Gasteiger partial charge in [0, 0.05) is 36.3 Å². The van der Waals surface area contributed by atoms with Gasteiger partial charge in [0.25, 0.3) is 0 Å². The van der Waals surface area contributed by atoms with Gasteiger partial charge in [-0.15, -0.1) is 10.2 Å². The van der Waals surface area contributed by atoms with E-state index in [-0.39, 0.29) is 5.78 Å². The third-order valence-electron chi connectivity index (χ3n) is 4.53. The largest absolute Gasteiger partial charge is 0.383 e. The van der Waals surface area contributed by atoms with Gasteiger partial charge in [-0.25, -0.2) is 0 Å². The molecule has 0 bridgehead atoms. The number of carbonyl (C=O) groups excluding carboxylic acids is 1. The molecular formula is C21H20N4O2S. The van der Waals surface area contributed by atoms with E-state index in [1.807, 2.05) is 59.2 Å². The Kier molecular flexibility index (Phi) is 5.55. The molecule has 4 aromatic rings. The van der Waals surface area contributed by atoms with Crippen LogP contribution in [0.5, 0.6) is 0 Å². The molecule has 1 N–H and O–H groups in total. The predicted molar refractivity (Wildman–Crippen MR) is 110 cm³/mol. The van der Waals surface area contributed by atoms with Crippen molar-refractivity contribution in [2.45, 2.75) is 17.0 Å². The van der Waals surface area contributed by atoms with E-state index in [1.54, 1.807) is 19.6 Å². The maximum atomic E-state index is 13.5. The first kappa shape index (κ1) is 18.5. The van der Waals surface area contributed by atoms with E-state index in [1.165, 1.54) is 11.8 Å². The van der Waals surface area contributed by atoms with E-state index in [0.717, 1.165) is 16.5 Å². The number of hydrogen-bond acceptors (Lipinski definition) is 5. The molecule has 0 spiro atoms. The molecule has 142 valence electrons. The third kappa shape index (κ3) is 3.72. The van der Waals surface area contributed by atoms with Gasteiger partial charge >= 0.3 is 0 Å². The number of rotatable bonds is 8. The molecule has 4 rings (SSSR count). The van der Waals surface area contributed by atoms with Crippen molar-refractivity contribution in [1.29, 1.82) is 0 Å². The highest BCUT2D eigenvalue weighted by Gasteiger charge is 2.27. The number of Topliss-reactive ketones (excluding diaryl/α,β-unsaturated/α-hetero) is 1. The number of thioether (sulfide) groups is 1.